The smallest absolute Gasteiger partial charge is 0.161 e. The highest BCUT2D eigenvalue weighted by Gasteiger charge is 2.18. The van der Waals surface area contributed by atoms with Crippen LogP contribution in [0.5, 0.6) is 11.5 Å². The Hall–Kier alpha value is -1.01. The predicted molar refractivity (Wildman–Crippen MR) is 107 cm³/mol. The lowest BCUT2D eigenvalue weighted by Crippen LogP contribution is -2.37. The minimum absolute atomic E-state index is 0. The van der Waals surface area contributed by atoms with Gasteiger partial charge in [-0.15, -0.1) is 12.4 Å². The molecule has 0 radical (unpaired) electrons. The Morgan fingerprint density at radius 1 is 1.15 bits per heavy atom. The third-order valence-electron chi connectivity index (χ3n) is 5.08. The van der Waals surface area contributed by atoms with Crippen LogP contribution in [0.2, 0.25) is 0 Å². The summed E-state index contributed by atoms with van der Waals surface area (Å²) in [6, 6.07) is 6.29. The Morgan fingerprint density at radius 2 is 1.92 bits per heavy atom. The van der Waals surface area contributed by atoms with Crippen molar-refractivity contribution in [2.45, 2.75) is 44.8 Å². The van der Waals surface area contributed by atoms with Crippen LogP contribution in [0.25, 0.3) is 0 Å². The van der Waals surface area contributed by atoms with E-state index in [0.717, 1.165) is 70.3 Å². The number of benzene rings is 1. The number of morpholine rings is 1. The molecule has 0 bridgehead atoms. The first-order valence-corrected chi connectivity index (χ1v) is 9.69. The van der Waals surface area contributed by atoms with Crippen LogP contribution in [0.4, 0.5) is 0 Å². The summed E-state index contributed by atoms with van der Waals surface area (Å²) in [5, 5.41) is 3.53. The summed E-state index contributed by atoms with van der Waals surface area (Å²) in [5.41, 5.74) is 1.24. The minimum atomic E-state index is 0. The molecule has 1 aromatic carbocycles. The van der Waals surface area contributed by atoms with Gasteiger partial charge in [0, 0.05) is 19.6 Å². The van der Waals surface area contributed by atoms with Crippen molar-refractivity contribution in [1.82, 2.24) is 10.2 Å². The lowest BCUT2D eigenvalue weighted by molar-refractivity contribution is 0.0374. The van der Waals surface area contributed by atoms with Gasteiger partial charge in [-0.25, -0.2) is 0 Å². The van der Waals surface area contributed by atoms with Crippen LogP contribution in [0, 0.1) is 0 Å². The molecule has 5 nitrogen and oxygen atoms in total. The second-order valence-corrected chi connectivity index (χ2v) is 6.99. The molecule has 1 heterocycles. The zero-order valence-electron chi connectivity index (χ0n) is 15.9. The van der Waals surface area contributed by atoms with E-state index in [9.17, 15) is 0 Å². The van der Waals surface area contributed by atoms with Gasteiger partial charge in [0.1, 0.15) is 0 Å². The van der Waals surface area contributed by atoms with Gasteiger partial charge < -0.3 is 19.5 Å². The molecule has 0 atom stereocenters. The molecule has 1 aliphatic heterocycles. The van der Waals surface area contributed by atoms with Crippen LogP contribution in [-0.4, -0.2) is 57.5 Å². The molecule has 26 heavy (non-hydrogen) atoms. The maximum atomic E-state index is 6.10. The highest BCUT2D eigenvalue weighted by Crippen LogP contribution is 2.32. The Kier molecular flexibility index (Phi) is 9.54. The number of nitrogens with one attached hydrogen (secondary N) is 1. The Bertz CT molecular complexity index is 518. The van der Waals surface area contributed by atoms with E-state index in [1.165, 1.54) is 24.8 Å². The van der Waals surface area contributed by atoms with Crippen LogP contribution in [-0.2, 0) is 11.3 Å². The van der Waals surface area contributed by atoms with Crippen LogP contribution in [0.15, 0.2) is 18.2 Å². The Morgan fingerprint density at radius 3 is 2.65 bits per heavy atom. The topological polar surface area (TPSA) is 43.0 Å². The standard InChI is InChI=1S/C20H32N2O3.ClH/c1-23-20-15-17(7-8-19(20)25-18-5-2-3-6-18)16-21-9-4-10-22-11-13-24-14-12-22;/h7-8,15,18,21H,2-6,9-14,16H2,1H3;1H. The van der Waals surface area contributed by atoms with Gasteiger partial charge in [-0.05, 0) is 62.9 Å². The Balaban J connectivity index is 0.00000243. The molecular formula is C20H33ClN2O3. The molecule has 1 N–H and O–H groups in total. The van der Waals surface area contributed by atoms with E-state index in [4.69, 9.17) is 14.2 Å². The van der Waals surface area contributed by atoms with Crippen molar-refractivity contribution in [3.05, 3.63) is 23.8 Å². The Labute approximate surface area is 163 Å². The molecule has 2 fully saturated rings. The largest absolute Gasteiger partial charge is 0.493 e. The number of hydrogen-bond donors (Lipinski definition) is 1. The number of hydrogen-bond acceptors (Lipinski definition) is 5. The summed E-state index contributed by atoms with van der Waals surface area (Å²) in [5.74, 6) is 1.73. The summed E-state index contributed by atoms with van der Waals surface area (Å²) in [7, 11) is 1.72. The molecule has 0 aromatic heterocycles. The van der Waals surface area contributed by atoms with Gasteiger partial charge in [-0.2, -0.15) is 0 Å². The second-order valence-electron chi connectivity index (χ2n) is 6.99. The van der Waals surface area contributed by atoms with Crippen molar-refractivity contribution in [3.63, 3.8) is 0 Å². The first-order chi connectivity index (χ1) is 12.3. The molecule has 1 aromatic rings. The number of methoxy groups -OCH3 is 1. The fraction of sp³-hybridized carbons (Fsp3) is 0.700. The highest BCUT2D eigenvalue weighted by molar-refractivity contribution is 5.85. The normalized spacial score (nSPS) is 18.5. The SMILES string of the molecule is COc1cc(CNCCCN2CCOCC2)ccc1OC1CCCC1.Cl. The van der Waals surface area contributed by atoms with E-state index in [-0.39, 0.29) is 12.4 Å². The molecule has 6 heteroatoms. The highest BCUT2D eigenvalue weighted by atomic mass is 35.5. The molecule has 0 amide bonds. The van der Waals surface area contributed by atoms with Gasteiger partial charge >= 0.3 is 0 Å². The van der Waals surface area contributed by atoms with E-state index < -0.39 is 0 Å². The van der Waals surface area contributed by atoms with E-state index in [1.54, 1.807) is 7.11 Å². The van der Waals surface area contributed by atoms with Crippen LogP contribution >= 0.6 is 12.4 Å². The fourth-order valence-electron chi connectivity index (χ4n) is 3.59. The van der Waals surface area contributed by atoms with E-state index >= 15 is 0 Å². The molecule has 1 saturated carbocycles. The summed E-state index contributed by atoms with van der Waals surface area (Å²) in [6.45, 7) is 6.93. The van der Waals surface area contributed by atoms with Gasteiger partial charge in [-0.3, -0.25) is 4.90 Å². The molecule has 1 aliphatic carbocycles. The van der Waals surface area contributed by atoms with Crippen LogP contribution in [0.3, 0.4) is 0 Å². The molecule has 1 saturated heterocycles. The summed E-state index contributed by atoms with van der Waals surface area (Å²) < 4.78 is 17.0. The summed E-state index contributed by atoms with van der Waals surface area (Å²) >= 11 is 0. The molecule has 0 unspecified atom stereocenters. The maximum Gasteiger partial charge on any atom is 0.161 e. The fourth-order valence-corrected chi connectivity index (χ4v) is 3.59. The first kappa shape index (κ1) is 21.3. The van der Waals surface area contributed by atoms with Crippen molar-refractivity contribution in [1.29, 1.82) is 0 Å². The van der Waals surface area contributed by atoms with Crippen molar-refractivity contribution < 1.29 is 14.2 Å². The molecule has 2 aliphatic rings. The molecule has 3 rings (SSSR count). The van der Waals surface area contributed by atoms with Crippen molar-refractivity contribution in [2.24, 2.45) is 0 Å². The van der Waals surface area contributed by atoms with Gasteiger partial charge in [0.15, 0.2) is 11.5 Å². The molecule has 0 spiro atoms. The van der Waals surface area contributed by atoms with E-state index in [2.05, 4.69) is 28.4 Å². The van der Waals surface area contributed by atoms with Gasteiger partial charge in [0.2, 0.25) is 0 Å². The van der Waals surface area contributed by atoms with Crippen LogP contribution in [0.1, 0.15) is 37.7 Å². The summed E-state index contributed by atoms with van der Waals surface area (Å²) in [6.07, 6.45) is 6.41. The van der Waals surface area contributed by atoms with E-state index in [1.807, 2.05) is 0 Å². The average molecular weight is 385 g/mol. The van der Waals surface area contributed by atoms with Gasteiger partial charge in [-0.1, -0.05) is 6.07 Å². The predicted octanol–water partition coefficient (Wildman–Crippen LogP) is 3.25. The third-order valence-corrected chi connectivity index (χ3v) is 5.08. The van der Waals surface area contributed by atoms with E-state index in [0.29, 0.717) is 6.10 Å². The number of halogens is 1. The lowest BCUT2D eigenvalue weighted by Gasteiger charge is -2.26. The lowest BCUT2D eigenvalue weighted by atomic mass is 10.2. The zero-order valence-corrected chi connectivity index (χ0v) is 16.7. The molecular weight excluding hydrogens is 352 g/mol. The van der Waals surface area contributed by atoms with Crippen molar-refractivity contribution >= 4 is 12.4 Å². The maximum absolute atomic E-state index is 6.10. The van der Waals surface area contributed by atoms with Crippen molar-refractivity contribution in [2.75, 3.05) is 46.5 Å². The third kappa shape index (κ3) is 6.62. The minimum Gasteiger partial charge on any atom is -0.493 e. The first-order valence-electron chi connectivity index (χ1n) is 9.69. The van der Waals surface area contributed by atoms with Gasteiger partial charge in [0.25, 0.3) is 0 Å². The monoisotopic (exact) mass is 384 g/mol. The van der Waals surface area contributed by atoms with Gasteiger partial charge in [0.05, 0.1) is 26.4 Å². The van der Waals surface area contributed by atoms with Crippen molar-refractivity contribution in [3.8, 4) is 11.5 Å². The number of nitrogens with zero attached hydrogens (tertiary/aromatic N) is 1. The number of ether oxygens (including phenoxy) is 3. The zero-order chi connectivity index (χ0) is 17.3. The summed E-state index contributed by atoms with van der Waals surface area (Å²) in [4.78, 5) is 2.48. The number of rotatable bonds is 9. The van der Waals surface area contributed by atoms with Crippen LogP contribution < -0.4 is 14.8 Å². The molecule has 148 valence electrons. The second kappa shape index (κ2) is 11.7. The quantitative estimate of drug-likeness (QED) is 0.662. The average Bonchev–Trinajstić information content (AvgIpc) is 3.16.